The summed E-state index contributed by atoms with van der Waals surface area (Å²) >= 11 is 0. The highest BCUT2D eigenvalue weighted by Gasteiger charge is 2.43. The molecular formula is C32H34FN5O4. The number of hydrogen-bond donors (Lipinski definition) is 2. The van der Waals surface area contributed by atoms with Crippen LogP contribution in [-0.2, 0) is 4.79 Å². The van der Waals surface area contributed by atoms with E-state index < -0.39 is 12.4 Å². The van der Waals surface area contributed by atoms with Crippen molar-refractivity contribution in [3.8, 4) is 22.9 Å². The minimum absolute atomic E-state index is 0.0484. The molecular weight excluding hydrogens is 537 g/mol. The first kappa shape index (κ1) is 26.9. The molecule has 9 nitrogen and oxygen atoms in total. The van der Waals surface area contributed by atoms with Crippen LogP contribution in [0.4, 0.5) is 10.2 Å². The lowest BCUT2D eigenvalue weighted by atomic mass is 9.96. The molecule has 10 heteroatoms. The van der Waals surface area contributed by atoms with Crippen molar-refractivity contribution in [1.82, 2.24) is 19.8 Å². The number of carbonyl (C=O) groups is 1. The molecule has 3 saturated heterocycles. The van der Waals surface area contributed by atoms with Crippen molar-refractivity contribution in [2.24, 2.45) is 0 Å². The molecule has 2 bridgehead atoms. The Kier molecular flexibility index (Phi) is 6.82. The molecule has 0 aliphatic carbocycles. The lowest BCUT2D eigenvalue weighted by molar-refractivity contribution is -0.137. The van der Waals surface area contributed by atoms with Gasteiger partial charge >= 0.3 is 6.01 Å². The van der Waals surface area contributed by atoms with Crippen LogP contribution < -0.4 is 9.64 Å². The number of hydrogen-bond acceptors (Lipinski definition) is 8. The van der Waals surface area contributed by atoms with Crippen molar-refractivity contribution in [3.63, 3.8) is 0 Å². The van der Waals surface area contributed by atoms with E-state index in [1.807, 2.05) is 30.3 Å². The van der Waals surface area contributed by atoms with Gasteiger partial charge in [-0.1, -0.05) is 30.3 Å². The summed E-state index contributed by atoms with van der Waals surface area (Å²) in [4.78, 5) is 28.0. The van der Waals surface area contributed by atoms with E-state index in [0.29, 0.717) is 42.0 Å². The van der Waals surface area contributed by atoms with Gasteiger partial charge in [0.05, 0.1) is 0 Å². The Morgan fingerprint density at radius 3 is 2.55 bits per heavy atom. The van der Waals surface area contributed by atoms with Crippen LogP contribution in [0.15, 0.2) is 48.5 Å². The fourth-order valence-corrected chi connectivity index (χ4v) is 7.08. The summed E-state index contributed by atoms with van der Waals surface area (Å²) in [5.41, 5.74) is 1.06. The predicted octanol–water partition coefficient (Wildman–Crippen LogP) is 3.94. The second-order valence-corrected chi connectivity index (χ2v) is 11.7. The number of phenols is 1. The lowest BCUT2D eigenvalue weighted by Crippen LogP contribution is -2.56. The maximum atomic E-state index is 16.6. The maximum Gasteiger partial charge on any atom is 0.319 e. The van der Waals surface area contributed by atoms with Crippen molar-refractivity contribution in [2.45, 2.75) is 43.8 Å². The molecule has 0 spiro atoms. The largest absolute Gasteiger partial charge is 0.508 e. The molecule has 7 rings (SSSR count). The molecule has 42 heavy (non-hydrogen) atoms. The SMILES string of the molecule is CN1CCC[C@H]1COc1nc(N2C[C@H]3CC[C@@H](C2)N3C(=O)CO)c2ccc(-c3cc(O)cc4ccccc34)c(F)c2n1. The van der Waals surface area contributed by atoms with Crippen molar-refractivity contribution in [3.05, 3.63) is 54.3 Å². The quantitative estimate of drug-likeness (QED) is 0.359. The van der Waals surface area contributed by atoms with E-state index >= 15 is 4.39 Å². The predicted molar refractivity (Wildman–Crippen MR) is 158 cm³/mol. The lowest BCUT2D eigenvalue weighted by Gasteiger charge is -2.41. The van der Waals surface area contributed by atoms with E-state index in [4.69, 9.17) is 9.72 Å². The third kappa shape index (κ3) is 4.59. The summed E-state index contributed by atoms with van der Waals surface area (Å²) in [6, 6.07) is 14.6. The highest BCUT2D eigenvalue weighted by molar-refractivity contribution is 6.01. The standard InChI is InChI=1S/C32H34FN5O4/c1-36-12-4-6-22(36)18-42-32-34-30-26(31(35-32)37-15-20-8-9-21(16-37)38(20)28(41)17-39)11-10-25(29(30)33)27-14-23(40)13-19-5-2-3-7-24(19)27/h2-3,5,7,10-11,13-14,20-22,39-40H,4,6,8-9,12,15-18H2,1H3/t20-,21+,22-/m0/s1. The summed E-state index contributed by atoms with van der Waals surface area (Å²) < 4.78 is 22.7. The van der Waals surface area contributed by atoms with Gasteiger partial charge in [0.25, 0.3) is 0 Å². The molecule has 0 saturated carbocycles. The molecule has 4 heterocycles. The minimum atomic E-state index is -0.508. The molecule has 1 amide bonds. The first-order valence-electron chi connectivity index (χ1n) is 14.6. The molecule has 2 N–H and O–H groups in total. The topological polar surface area (TPSA) is 102 Å². The summed E-state index contributed by atoms with van der Waals surface area (Å²) in [6.45, 7) is 1.96. The zero-order valence-electron chi connectivity index (χ0n) is 23.5. The van der Waals surface area contributed by atoms with E-state index in [1.165, 1.54) is 0 Å². The molecule has 0 radical (unpaired) electrons. The third-order valence-electron chi connectivity index (χ3n) is 9.18. The highest BCUT2D eigenvalue weighted by atomic mass is 19.1. The number of benzene rings is 3. The number of piperazine rings is 1. The Morgan fingerprint density at radius 1 is 1.02 bits per heavy atom. The summed E-state index contributed by atoms with van der Waals surface area (Å²) in [7, 11) is 2.07. The molecule has 218 valence electrons. The van der Waals surface area contributed by atoms with Crippen molar-refractivity contribution >= 4 is 33.4 Å². The molecule has 3 aliphatic heterocycles. The van der Waals surface area contributed by atoms with Gasteiger partial charge in [-0.15, -0.1) is 0 Å². The number of halogens is 1. The Morgan fingerprint density at radius 2 is 1.81 bits per heavy atom. The maximum absolute atomic E-state index is 16.6. The van der Waals surface area contributed by atoms with Gasteiger partial charge in [0.1, 0.15) is 30.3 Å². The van der Waals surface area contributed by atoms with Gasteiger partial charge in [0.2, 0.25) is 5.91 Å². The minimum Gasteiger partial charge on any atom is -0.508 e. The van der Waals surface area contributed by atoms with Crippen molar-refractivity contribution in [2.75, 3.05) is 44.8 Å². The zero-order valence-corrected chi connectivity index (χ0v) is 23.5. The average Bonchev–Trinajstić information content (AvgIpc) is 3.53. The normalized spacial score (nSPS) is 22.4. The van der Waals surface area contributed by atoms with Crippen LogP contribution in [-0.4, -0.2) is 93.9 Å². The van der Waals surface area contributed by atoms with Crippen LogP contribution in [0.25, 0.3) is 32.8 Å². The first-order chi connectivity index (χ1) is 20.4. The Hall–Kier alpha value is -4.02. The third-order valence-corrected chi connectivity index (χ3v) is 9.18. The van der Waals surface area contributed by atoms with Crippen molar-refractivity contribution < 1.29 is 24.1 Å². The number of rotatable bonds is 6. The van der Waals surface area contributed by atoms with Gasteiger partial charge in [-0.3, -0.25) is 4.79 Å². The number of carbonyl (C=O) groups excluding carboxylic acids is 1. The number of aromatic nitrogens is 2. The van der Waals surface area contributed by atoms with Gasteiger partial charge in [-0.05, 0) is 73.8 Å². The van der Waals surface area contributed by atoms with Crippen molar-refractivity contribution in [1.29, 1.82) is 0 Å². The van der Waals surface area contributed by atoms with Crippen LogP contribution in [0.1, 0.15) is 25.7 Å². The number of likely N-dealkylation sites (tertiary alicyclic amines) is 1. The number of ether oxygens (including phenoxy) is 1. The van der Waals surface area contributed by atoms with Gasteiger partial charge < -0.3 is 29.6 Å². The Labute approximate surface area is 243 Å². The van der Waals surface area contributed by atoms with Crippen LogP contribution >= 0.6 is 0 Å². The molecule has 3 aliphatic rings. The number of likely N-dealkylation sites (N-methyl/N-ethyl adjacent to an activating group) is 1. The number of amides is 1. The number of anilines is 1. The van der Waals surface area contributed by atoms with Gasteiger partial charge in [0, 0.05) is 42.2 Å². The molecule has 1 aromatic heterocycles. The summed E-state index contributed by atoms with van der Waals surface area (Å²) in [5.74, 6) is -0.128. The average molecular weight is 572 g/mol. The number of aliphatic hydroxyl groups is 1. The first-order valence-corrected chi connectivity index (χ1v) is 14.6. The van der Waals surface area contributed by atoms with E-state index in [1.54, 1.807) is 23.1 Å². The van der Waals surface area contributed by atoms with Gasteiger partial charge in [-0.2, -0.15) is 9.97 Å². The molecule has 3 aromatic carbocycles. The van der Waals surface area contributed by atoms with E-state index in [0.717, 1.165) is 43.0 Å². The molecule has 3 fully saturated rings. The summed E-state index contributed by atoms with van der Waals surface area (Å²) in [5, 5.41) is 22.1. The Bertz CT molecular complexity index is 1670. The zero-order chi connectivity index (χ0) is 29.0. The number of nitrogens with zero attached hydrogens (tertiary/aromatic N) is 5. The number of phenolic OH excluding ortho intramolecular Hbond substituents is 1. The van der Waals surface area contributed by atoms with Crippen LogP contribution in [0, 0.1) is 5.82 Å². The van der Waals surface area contributed by atoms with Gasteiger partial charge in [0.15, 0.2) is 5.82 Å². The smallest absolute Gasteiger partial charge is 0.319 e. The number of aromatic hydroxyl groups is 1. The summed E-state index contributed by atoms with van der Waals surface area (Å²) in [6.07, 6.45) is 3.81. The van der Waals surface area contributed by atoms with Crippen LogP contribution in [0.5, 0.6) is 11.8 Å². The van der Waals surface area contributed by atoms with Gasteiger partial charge in [-0.25, -0.2) is 4.39 Å². The second-order valence-electron chi connectivity index (χ2n) is 11.7. The highest BCUT2D eigenvalue weighted by Crippen LogP contribution is 2.40. The van der Waals surface area contributed by atoms with Crippen LogP contribution in [0.2, 0.25) is 0 Å². The fraction of sp³-hybridized carbons (Fsp3) is 0.406. The van der Waals surface area contributed by atoms with E-state index in [9.17, 15) is 15.0 Å². The molecule has 4 aromatic rings. The van der Waals surface area contributed by atoms with E-state index in [-0.39, 0.29) is 41.3 Å². The molecule has 3 atom stereocenters. The number of aliphatic hydroxyl groups excluding tert-OH is 1. The monoisotopic (exact) mass is 571 g/mol. The van der Waals surface area contributed by atoms with Crippen LogP contribution in [0.3, 0.4) is 0 Å². The second kappa shape index (κ2) is 10.7. The number of fused-ring (bicyclic) bond motifs is 4. The Balaban J connectivity index is 1.33. The fourth-order valence-electron chi connectivity index (χ4n) is 7.08. The van der Waals surface area contributed by atoms with E-state index in [2.05, 4.69) is 21.8 Å². The molecule has 0 unspecified atom stereocenters.